The van der Waals surface area contributed by atoms with Crippen LogP contribution >= 0.6 is 0 Å². The zero-order valence-corrected chi connectivity index (χ0v) is 17.4. The molecule has 0 aliphatic rings. The molecule has 3 aromatic heterocycles. The number of fused-ring (bicyclic) bond motifs is 1. The Hall–Kier alpha value is -3.48. The summed E-state index contributed by atoms with van der Waals surface area (Å²) >= 11 is 0. The fourth-order valence-electron chi connectivity index (χ4n) is 3.39. The minimum atomic E-state index is -0.0750. The minimum Gasteiger partial charge on any atom is -0.487 e. The zero-order chi connectivity index (χ0) is 21.1. The van der Waals surface area contributed by atoms with Gasteiger partial charge in [0.25, 0.3) is 5.56 Å². The second-order valence-electron chi connectivity index (χ2n) is 7.58. The minimum absolute atomic E-state index is 0.0509. The molecule has 0 aliphatic carbocycles. The Morgan fingerprint density at radius 1 is 1.13 bits per heavy atom. The maximum absolute atomic E-state index is 13.0. The van der Waals surface area contributed by atoms with Gasteiger partial charge in [0.1, 0.15) is 5.69 Å². The molecule has 7 heteroatoms. The highest BCUT2D eigenvalue weighted by Gasteiger charge is 2.15. The molecule has 0 N–H and O–H groups in total. The van der Waals surface area contributed by atoms with Gasteiger partial charge in [0.05, 0.1) is 18.8 Å². The Balaban J connectivity index is 1.78. The molecule has 0 amide bonds. The van der Waals surface area contributed by atoms with Crippen molar-refractivity contribution in [2.24, 2.45) is 0 Å². The van der Waals surface area contributed by atoms with E-state index in [1.165, 1.54) is 0 Å². The lowest BCUT2D eigenvalue weighted by Gasteiger charge is -2.14. The molecule has 0 unspecified atom stereocenters. The van der Waals surface area contributed by atoms with Gasteiger partial charge in [0.15, 0.2) is 11.4 Å². The molecule has 0 atom stereocenters. The average Bonchev–Trinajstić information content (AvgIpc) is 3.19. The maximum Gasteiger partial charge on any atom is 0.261 e. The summed E-state index contributed by atoms with van der Waals surface area (Å²) in [6.07, 6.45) is 6.82. The van der Waals surface area contributed by atoms with Crippen LogP contribution in [-0.4, -0.2) is 30.5 Å². The van der Waals surface area contributed by atoms with Gasteiger partial charge >= 0.3 is 0 Å². The molecule has 0 spiro atoms. The van der Waals surface area contributed by atoms with Gasteiger partial charge in [-0.05, 0) is 31.9 Å². The van der Waals surface area contributed by atoms with E-state index in [2.05, 4.69) is 15.3 Å². The van der Waals surface area contributed by atoms with E-state index in [1.807, 2.05) is 63.4 Å². The Bertz CT molecular complexity index is 1210. The number of aryl methyl sites for hydroxylation is 1. The van der Waals surface area contributed by atoms with E-state index in [1.54, 1.807) is 21.5 Å². The summed E-state index contributed by atoms with van der Waals surface area (Å²) in [4.78, 5) is 17.5. The number of nitrogens with zero attached hydrogens (tertiary/aromatic N) is 5. The normalized spacial score (nSPS) is 11.3. The van der Waals surface area contributed by atoms with Crippen LogP contribution in [0.5, 0.6) is 5.75 Å². The van der Waals surface area contributed by atoms with Gasteiger partial charge in [0, 0.05) is 23.5 Å². The van der Waals surface area contributed by atoms with Crippen LogP contribution in [-0.2, 0) is 13.0 Å². The van der Waals surface area contributed by atoms with E-state index in [4.69, 9.17) is 4.74 Å². The van der Waals surface area contributed by atoms with E-state index in [0.29, 0.717) is 35.6 Å². The number of rotatable bonds is 7. The van der Waals surface area contributed by atoms with Gasteiger partial charge in [-0.25, -0.2) is 9.67 Å². The van der Waals surface area contributed by atoms with Crippen LogP contribution in [0.25, 0.3) is 16.9 Å². The quantitative estimate of drug-likeness (QED) is 0.470. The van der Waals surface area contributed by atoms with E-state index >= 15 is 0 Å². The fourth-order valence-corrected chi connectivity index (χ4v) is 3.39. The molecule has 0 aliphatic heterocycles. The van der Waals surface area contributed by atoms with E-state index in [0.717, 1.165) is 17.5 Å². The van der Waals surface area contributed by atoms with Crippen LogP contribution in [0.4, 0.5) is 0 Å². The molecule has 4 aromatic rings. The third kappa shape index (κ3) is 4.10. The molecule has 0 radical (unpaired) electrons. The van der Waals surface area contributed by atoms with Crippen molar-refractivity contribution >= 4 is 5.65 Å². The van der Waals surface area contributed by atoms with E-state index in [-0.39, 0.29) is 11.7 Å². The molecular formula is C23H25N5O2. The third-order valence-corrected chi connectivity index (χ3v) is 4.74. The van der Waals surface area contributed by atoms with Crippen molar-refractivity contribution in [2.75, 3.05) is 0 Å². The van der Waals surface area contributed by atoms with Crippen molar-refractivity contribution in [1.82, 2.24) is 24.4 Å². The molecule has 4 rings (SSSR count). The van der Waals surface area contributed by atoms with Gasteiger partial charge in [-0.15, -0.1) is 5.10 Å². The lowest BCUT2D eigenvalue weighted by atomic mass is 10.2. The summed E-state index contributed by atoms with van der Waals surface area (Å²) in [5, 5.41) is 8.57. The predicted octanol–water partition coefficient (Wildman–Crippen LogP) is 3.74. The van der Waals surface area contributed by atoms with Crippen LogP contribution < -0.4 is 10.3 Å². The number of pyridine rings is 1. The predicted molar refractivity (Wildman–Crippen MR) is 116 cm³/mol. The molecule has 7 nitrogen and oxygen atoms in total. The summed E-state index contributed by atoms with van der Waals surface area (Å²) in [5.41, 5.74) is 3.70. The standard InChI is InChI=1S/C23H25N5O2/c1-4-8-18-12-24-22-21(30-16(2)3)11-19(14-28(22)23(18)29)20-15-27(26-25-20)13-17-9-6-5-7-10-17/h5-7,9-12,14-16H,4,8,13H2,1-3H3. The lowest BCUT2D eigenvalue weighted by Crippen LogP contribution is -2.20. The maximum atomic E-state index is 13.0. The SMILES string of the molecule is CCCc1cnc2c(OC(C)C)cc(-c3cn(Cc4ccccc4)nn3)cn2c1=O. The number of hydrogen-bond acceptors (Lipinski definition) is 5. The first kappa shape index (κ1) is 19.8. The summed E-state index contributed by atoms with van der Waals surface area (Å²) < 4.78 is 9.32. The molecule has 154 valence electrons. The summed E-state index contributed by atoms with van der Waals surface area (Å²) in [6.45, 7) is 6.56. The first-order valence-electron chi connectivity index (χ1n) is 10.2. The summed E-state index contributed by atoms with van der Waals surface area (Å²) in [6, 6.07) is 12.0. The molecule has 0 fully saturated rings. The number of aromatic nitrogens is 5. The lowest BCUT2D eigenvalue weighted by molar-refractivity contribution is 0.244. The summed E-state index contributed by atoms with van der Waals surface area (Å²) in [5.74, 6) is 0.556. The van der Waals surface area contributed by atoms with Gasteiger partial charge in [-0.3, -0.25) is 9.20 Å². The molecule has 0 bridgehead atoms. The van der Waals surface area contributed by atoms with Gasteiger partial charge < -0.3 is 4.74 Å². The molecular weight excluding hydrogens is 378 g/mol. The number of ether oxygens (including phenoxy) is 1. The first-order valence-corrected chi connectivity index (χ1v) is 10.2. The molecule has 0 saturated heterocycles. The Labute approximate surface area is 175 Å². The van der Waals surface area contributed by atoms with Crippen LogP contribution in [0.3, 0.4) is 0 Å². The topological polar surface area (TPSA) is 74.3 Å². The second kappa shape index (κ2) is 8.49. The molecule has 3 heterocycles. The van der Waals surface area contributed by atoms with E-state index < -0.39 is 0 Å². The highest BCUT2D eigenvalue weighted by molar-refractivity contribution is 5.66. The molecule has 0 saturated carbocycles. The van der Waals surface area contributed by atoms with Gasteiger partial charge in [-0.1, -0.05) is 48.9 Å². The largest absolute Gasteiger partial charge is 0.487 e. The van der Waals surface area contributed by atoms with Crippen molar-refractivity contribution in [3.63, 3.8) is 0 Å². The number of benzene rings is 1. The van der Waals surface area contributed by atoms with Crippen LogP contribution in [0.1, 0.15) is 38.3 Å². The number of hydrogen-bond donors (Lipinski definition) is 0. The van der Waals surface area contributed by atoms with Crippen molar-refractivity contribution < 1.29 is 4.74 Å². The zero-order valence-electron chi connectivity index (χ0n) is 17.4. The van der Waals surface area contributed by atoms with Crippen molar-refractivity contribution in [1.29, 1.82) is 0 Å². The Morgan fingerprint density at radius 2 is 1.93 bits per heavy atom. The second-order valence-corrected chi connectivity index (χ2v) is 7.58. The first-order chi connectivity index (χ1) is 14.5. The van der Waals surface area contributed by atoms with Crippen molar-refractivity contribution in [2.45, 2.75) is 46.3 Å². The molecule has 30 heavy (non-hydrogen) atoms. The van der Waals surface area contributed by atoms with Crippen molar-refractivity contribution in [3.05, 3.63) is 76.5 Å². The smallest absolute Gasteiger partial charge is 0.261 e. The molecule has 1 aromatic carbocycles. The van der Waals surface area contributed by atoms with Crippen LogP contribution in [0.2, 0.25) is 0 Å². The fraction of sp³-hybridized carbons (Fsp3) is 0.304. The van der Waals surface area contributed by atoms with E-state index in [9.17, 15) is 4.79 Å². The average molecular weight is 403 g/mol. The van der Waals surface area contributed by atoms with Crippen LogP contribution in [0.15, 0.2) is 59.8 Å². The highest BCUT2D eigenvalue weighted by atomic mass is 16.5. The Kier molecular flexibility index (Phi) is 5.61. The van der Waals surface area contributed by atoms with Crippen LogP contribution in [0, 0.1) is 0 Å². The Morgan fingerprint density at radius 3 is 2.67 bits per heavy atom. The van der Waals surface area contributed by atoms with Gasteiger partial charge in [-0.2, -0.15) is 0 Å². The highest BCUT2D eigenvalue weighted by Crippen LogP contribution is 2.26. The summed E-state index contributed by atoms with van der Waals surface area (Å²) in [7, 11) is 0. The van der Waals surface area contributed by atoms with Gasteiger partial charge in [0.2, 0.25) is 0 Å². The monoisotopic (exact) mass is 403 g/mol. The third-order valence-electron chi connectivity index (χ3n) is 4.74. The van der Waals surface area contributed by atoms with Crippen molar-refractivity contribution in [3.8, 4) is 17.0 Å².